The van der Waals surface area contributed by atoms with E-state index in [1.807, 2.05) is 30.3 Å². The average molecular weight is 312 g/mol. The van der Waals surface area contributed by atoms with E-state index in [0.29, 0.717) is 17.2 Å². The molecule has 0 spiro atoms. The molecule has 23 heavy (non-hydrogen) atoms. The van der Waals surface area contributed by atoms with Gasteiger partial charge in [-0.25, -0.2) is 0 Å². The molecule has 0 bridgehead atoms. The van der Waals surface area contributed by atoms with Crippen molar-refractivity contribution in [2.45, 2.75) is 0 Å². The minimum absolute atomic E-state index is 0.594. The number of ether oxygens (including phenoxy) is 3. The zero-order chi connectivity index (χ0) is 16.2. The Morgan fingerprint density at radius 1 is 0.913 bits per heavy atom. The molecule has 0 aromatic heterocycles. The molecular weight excluding hydrogens is 292 g/mol. The molecule has 3 rings (SSSR count). The number of nitrogens with zero attached hydrogens (tertiary/aromatic N) is 2. The summed E-state index contributed by atoms with van der Waals surface area (Å²) in [5.41, 5.74) is 2.07. The summed E-state index contributed by atoms with van der Waals surface area (Å²) >= 11 is 0. The van der Waals surface area contributed by atoms with Crippen LogP contribution in [0.4, 0.5) is 5.69 Å². The molecule has 120 valence electrons. The Hall–Kier alpha value is -2.69. The molecule has 1 aliphatic rings. The zero-order valence-corrected chi connectivity index (χ0v) is 13.6. The van der Waals surface area contributed by atoms with Gasteiger partial charge in [-0.05, 0) is 0 Å². The maximum Gasteiger partial charge on any atom is 0.203 e. The topological polar surface area (TPSA) is 43.3 Å². The van der Waals surface area contributed by atoms with Gasteiger partial charge in [-0.1, -0.05) is 30.3 Å². The standard InChI is InChI=1S/C18H20N2O3/c1-21-15-11-14(12-16(22-2)17(15)23-3)20-10-9-19-18(20)13-7-5-4-6-8-13/h4-8,11-12H,9-10H2,1-3H3. The van der Waals surface area contributed by atoms with Gasteiger partial charge in [-0.3, -0.25) is 4.99 Å². The van der Waals surface area contributed by atoms with Gasteiger partial charge in [0.15, 0.2) is 11.5 Å². The van der Waals surface area contributed by atoms with Gasteiger partial charge in [0.05, 0.1) is 33.6 Å². The van der Waals surface area contributed by atoms with E-state index in [1.54, 1.807) is 21.3 Å². The Bertz CT molecular complexity index is 688. The molecule has 0 amide bonds. The normalized spacial score (nSPS) is 13.7. The van der Waals surface area contributed by atoms with E-state index in [-0.39, 0.29) is 0 Å². The summed E-state index contributed by atoms with van der Waals surface area (Å²) in [7, 11) is 4.85. The predicted molar refractivity (Wildman–Crippen MR) is 91.3 cm³/mol. The number of aliphatic imine (C=N–C) groups is 1. The van der Waals surface area contributed by atoms with E-state index in [9.17, 15) is 0 Å². The SMILES string of the molecule is COc1cc(N2CCN=C2c2ccccc2)cc(OC)c1OC. The van der Waals surface area contributed by atoms with E-state index < -0.39 is 0 Å². The summed E-state index contributed by atoms with van der Waals surface area (Å²) in [5, 5.41) is 0. The van der Waals surface area contributed by atoms with Gasteiger partial charge < -0.3 is 19.1 Å². The molecule has 2 aromatic carbocycles. The van der Waals surface area contributed by atoms with E-state index in [2.05, 4.69) is 22.0 Å². The Balaban J connectivity index is 2.03. The van der Waals surface area contributed by atoms with Crippen molar-refractivity contribution in [1.82, 2.24) is 0 Å². The molecule has 0 fully saturated rings. The van der Waals surface area contributed by atoms with Crippen molar-refractivity contribution in [3.05, 3.63) is 48.0 Å². The molecule has 1 aliphatic heterocycles. The number of hydrogen-bond donors (Lipinski definition) is 0. The molecule has 0 unspecified atom stereocenters. The lowest BCUT2D eigenvalue weighted by atomic mass is 10.1. The van der Waals surface area contributed by atoms with Crippen LogP contribution in [-0.2, 0) is 0 Å². The van der Waals surface area contributed by atoms with Crippen LogP contribution >= 0.6 is 0 Å². The van der Waals surface area contributed by atoms with E-state index in [0.717, 1.165) is 30.2 Å². The summed E-state index contributed by atoms with van der Waals surface area (Å²) in [5.74, 6) is 2.83. The summed E-state index contributed by atoms with van der Waals surface area (Å²) in [6.45, 7) is 1.59. The number of amidine groups is 1. The molecule has 5 nitrogen and oxygen atoms in total. The van der Waals surface area contributed by atoms with E-state index in [4.69, 9.17) is 14.2 Å². The van der Waals surface area contributed by atoms with Crippen molar-refractivity contribution >= 4 is 11.5 Å². The third kappa shape index (κ3) is 2.82. The fraction of sp³-hybridized carbons (Fsp3) is 0.278. The van der Waals surface area contributed by atoms with Crippen LogP contribution in [0.2, 0.25) is 0 Å². The Kier molecular flexibility index (Phi) is 4.37. The number of anilines is 1. The fourth-order valence-corrected chi connectivity index (χ4v) is 2.76. The smallest absolute Gasteiger partial charge is 0.203 e. The summed E-state index contributed by atoms with van der Waals surface area (Å²) < 4.78 is 16.3. The van der Waals surface area contributed by atoms with Gasteiger partial charge in [-0.2, -0.15) is 0 Å². The maximum absolute atomic E-state index is 5.45. The summed E-state index contributed by atoms with van der Waals surface area (Å²) in [4.78, 5) is 6.81. The first kappa shape index (κ1) is 15.2. The number of hydrogen-bond acceptors (Lipinski definition) is 5. The second-order valence-corrected chi connectivity index (χ2v) is 5.11. The van der Waals surface area contributed by atoms with E-state index in [1.165, 1.54) is 0 Å². The molecule has 0 atom stereocenters. The minimum atomic E-state index is 0.594. The van der Waals surface area contributed by atoms with Crippen molar-refractivity contribution in [3.8, 4) is 17.2 Å². The number of methoxy groups -OCH3 is 3. The quantitative estimate of drug-likeness (QED) is 0.851. The monoisotopic (exact) mass is 312 g/mol. The lowest BCUT2D eigenvalue weighted by Crippen LogP contribution is -2.28. The highest BCUT2D eigenvalue weighted by Crippen LogP contribution is 2.41. The fourth-order valence-electron chi connectivity index (χ4n) is 2.76. The highest BCUT2D eigenvalue weighted by Gasteiger charge is 2.23. The first-order valence-electron chi connectivity index (χ1n) is 7.46. The van der Waals surface area contributed by atoms with Crippen LogP contribution in [0.1, 0.15) is 5.56 Å². The first-order valence-corrected chi connectivity index (χ1v) is 7.46. The predicted octanol–water partition coefficient (Wildman–Crippen LogP) is 2.98. The second kappa shape index (κ2) is 6.60. The van der Waals surface area contributed by atoms with Gasteiger partial charge in [0.2, 0.25) is 5.75 Å². The Morgan fingerprint density at radius 3 is 2.13 bits per heavy atom. The number of rotatable bonds is 5. The van der Waals surface area contributed by atoms with Gasteiger partial charge in [0.1, 0.15) is 5.84 Å². The van der Waals surface area contributed by atoms with Crippen molar-refractivity contribution in [1.29, 1.82) is 0 Å². The van der Waals surface area contributed by atoms with Crippen LogP contribution in [-0.4, -0.2) is 40.3 Å². The molecule has 0 aliphatic carbocycles. The number of benzene rings is 2. The van der Waals surface area contributed by atoms with E-state index >= 15 is 0 Å². The van der Waals surface area contributed by atoms with Crippen molar-refractivity contribution in [2.24, 2.45) is 4.99 Å². The Labute approximate surface area is 136 Å². The lowest BCUT2D eigenvalue weighted by molar-refractivity contribution is 0.324. The maximum atomic E-state index is 5.45. The summed E-state index contributed by atoms with van der Waals surface area (Å²) in [6.07, 6.45) is 0. The highest BCUT2D eigenvalue weighted by molar-refractivity contribution is 6.11. The lowest BCUT2D eigenvalue weighted by Gasteiger charge is -2.23. The third-order valence-electron chi connectivity index (χ3n) is 3.83. The van der Waals surface area contributed by atoms with Crippen LogP contribution < -0.4 is 19.1 Å². The molecule has 0 saturated carbocycles. The molecular formula is C18H20N2O3. The van der Waals surface area contributed by atoms with Crippen molar-refractivity contribution in [3.63, 3.8) is 0 Å². The van der Waals surface area contributed by atoms with Gasteiger partial charge in [0.25, 0.3) is 0 Å². The minimum Gasteiger partial charge on any atom is -0.493 e. The molecule has 0 N–H and O–H groups in total. The Morgan fingerprint density at radius 2 is 1.57 bits per heavy atom. The molecule has 0 saturated heterocycles. The van der Waals surface area contributed by atoms with Gasteiger partial charge in [-0.15, -0.1) is 0 Å². The highest BCUT2D eigenvalue weighted by atomic mass is 16.5. The second-order valence-electron chi connectivity index (χ2n) is 5.11. The zero-order valence-electron chi connectivity index (χ0n) is 13.6. The van der Waals surface area contributed by atoms with Crippen molar-refractivity contribution < 1.29 is 14.2 Å². The van der Waals surface area contributed by atoms with Crippen LogP contribution in [0.3, 0.4) is 0 Å². The van der Waals surface area contributed by atoms with Crippen LogP contribution in [0.5, 0.6) is 17.2 Å². The average Bonchev–Trinajstić information content (AvgIpc) is 3.10. The van der Waals surface area contributed by atoms with Crippen molar-refractivity contribution in [2.75, 3.05) is 39.3 Å². The van der Waals surface area contributed by atoms with Crippen LogP contribution in [0.15, 0.2) is 47.5 Å². The molecule has 1 heterocycles. The molecule has 0 radical (unpaired) electrons. The first-order chi connectivity index (χ1) is 11.3. The molecule has 5 heteroatoms. The summed E-state index contributed by atoms with van der Waals surface area (Å²) in [6, 6.07) is 14.1. The largest absolute Gasteiger partial charge is 0.493 e. The van der Waals surface area contributed by atoms with Crippen LogP contribution in [0.25, 0.3) is 0 Å². The van der Waals surface area contributed by atoms with Gasteiger partial charge in [0, 0.05) is 24.2 Å². The third-order valence-corrected chi connectivity index (χ3v) is 3.83. The van der Waals surface area contributed by atoms with Gasteiger partial charge >= 0.3 is 0 Å². The van der Waals surface area contributed by atoms with Crippen LogP contribution in [0, 0.1) is 0 Å². The molecule has 2 aromatic rings.